The Labute approximate surface area is 160 Å². The second-order valence-electron chi connectivity index (χ2n) is 5.49. The van der Waals surface area contributed by atoms with Crippen molar-refractivity contribution in [2.45, 2.75) is 13.5 Å². The molecule has 0 saturated carbocycles. The number of nitrogens with zero attached hydrogens (tertiary/aromatic N) is 3. The molecule has 1 aromatic carbocycles. The highest BCUT2D eigenvalue weighted by Gasteiger charge is 2.25. The van der Waals surface area contributed by atoms with Gasteiger partial charge < -0.3 is 10.1 Å². The lowest BCUT2D eigenvalue weighted by Crippen LogP contribution is -2.29. The highest BCUT2D eigenvalue weighted by Crippen LogP contribution is 2.27. The van der Waals surface area contributed by atoms with E-state index in [1.165, 1.54) is 4.68 Å². The molecular weight excluding hydrogens is 368 g/mol. The standard InChI is InChI=1S/C19H17ClN4O3/c1-2-24-18(25)17(22-14-9-6-10-21-11-14)15(19(26)27-12-20)16(23-24)13-7-4-3-5-8-13/h3-11,22H,2,12H2,1H3. The van der Waals surface area contributed by atoms with Crippen molar-refractivity contribution in [3.05, 3.63) is 70.8 Å². The van der Waals surface area contributed by atoms with Gasteiger partial charge in [0.2, 0.25) is 0 Å². The van der Waals surface area contributed by atoms with E-state index in [2.05, 4.69) is 15.4 Å². The number of carbonyl (C=O) groups is 1. The maximum Gasteiger partial charge on any atom is 0.343 e. The number of benzene rings is 1. The largest absolute Gasteiger partial charge is 0.446 e. The van der Waals surface area contributed by atoms with Gasteiger partial charge in [-0.25, -0.2) is 9.48 Å². The third-order valence-corrected chi connectivity index (χ3v) is 3.93. The van der Waals surface area contributed by atoms with Crippen molar-refractivity contribution in [1.29, 1.82) is 0 Å². The monoisotopic (exact) mass is 384 g/mol. The van der Waals surface area contributed by atoms with Crippen molar-refractivity contribution in [2.24, 2.45) is 0 Å². The van der Waals surface area contributed by atoms with Crippen molar-refractivity contribution in [3.63, 3.8) is 0 Å². The van der Waals surface area contributed by atoms with Crippen molar-refractivity contribution >= 4 is 28.9 Å². The minimum Gasteiger partial charge on any atom is -0.446 e. The topological polar surface area (TPSA) is 86.1 Å². The van der Waals surface area contributed by atoms with Gasteiger partial charge >= 0.3 is 5.97 Å². The van der Waals surface area contributed by atoms with Crippen LogP contribution in [0.1, 0.15) is 17.3 Å². The molecule has 2 heterocycles. The number of aromatic nitrogens is 3. The maximum absolute atomic E-state index is 12.9. The van der Waals surface area contributed by atoms with Crippen LogP contribution in [-0.4, -0.2) is 26.8 Å². The molecule has 7 nitrogen and oxygen atoms in total. The van der Waals surface area contributed by atoms with Gasteiger partial charge in [-0.3, -0.25) is 9.78 Å². The Morgan fingerprint density at radius 2 is 2.00 bits per heavy atom. The number of nitrogens with one attached hydrogen (secondary N) is 1. The van der Waals surface area contributed by atoms with E-state index in [-0.39, 0.29) is 17.3 Å². The smallest absolute Gasteiger partial charge is 0.343 e. The first kappa shape index (κ1) is 18.6. The zero-order valence-electron chi connectivity index (χ0n) is 14.6. The molecule has 27 heavy (non-hydrogen) atoms. The molecule has 0 aliphatic rings. The fourth-order valence-electron chi connectivity index (χ4n) is 2.60. The normalized spacial score (nSPS) is 10.4. The van der Waals surface area contributed by atoms with Gasteiger partial charge in [-0.2, -0.15) is 5.10 Å². The number of halogens is 1. The number of alkyl halides is 1. The van der Waals surface area contributed by atoms with Crippen LogP contribution >= 0.6 is 11.6 Å². The van der Waals surface area contributed by atoms with Gasteiger partial charge in [0.05, 0.1) is 11.9 Å². The zero-order chi connectivity index (χ0) is 19.2. The summed E-state index contributed by atoms with van der Waals surface area (Å²) in [7, 11) is 0. The van der Waals surface area contributed by atoms with Crippen LogP contribution in [0.2, 0.25) is 0 Å². The van der Waals surface area contributed by atoms with E-state index in [9.17, 15) is 9.59 Å². The van der Waals surface area contributed by atoms with Gasteiger partial charge in [-0.1, -0.05) is 41.9 Å². The Bertz CT molecular complexity index is 991. The first-order valence-corrected chi connectivity index (χ1v) is 8.79. The molecule has 0 fully saturated rings. The number of aryl methyl sites for hydroxylation is 1. The van der Waals surface area contributed by atoms with Crippen molar-refractivity contribution in [2.75, 3.05) is 11.4 Å². The molecule has 0 unspecified atom stereocenters. The number of hydrogen-bond donors (Lipinski definition) is 1. The Morgan fingerprint density at radius 3 is 2.63 bits per heavy atom. The van der Waals surface area contributed by atoms with E-state index in [0.717, 1.165) is 0 Å². The summed E-state index contributed by atoms with van der Waals surface area (Å²) >= 11 is 5.58. The van der Waals surface area contributed by atoms with E-state index in [1.54, 1.807) is 43.6 Å². The van der Waals surface area contributed by atoms with E-state index < -0.39 is 11.5 Å². The molecule has 0 amide bonds. The molecular formula is C19H17ClN4O3. The van der Waals surface area contributed by atoms with Crippen LogP contribution in [0.4, 0.5) is 11.4 Å². The van der Waals surface area contributed by atoms with Crippen molar-refractivity contribution < 1.29 is 9.53 Å². The minimum absolute atomic E-state index is 0.0282. The van der Waals surface area contributed by atoms with Gasteiger partial charge in [-0.05, 0) is 19.1 Å². The summed E-state index contributed by atoms with van der Waals surface area (Å²) in [5, 5.41) is 7.36. The minimum atomic E-state index is -0.733. The second kappa shape index (κ2) is 8.46. The molecule has 3 aromatic rings. The highest BCUT2D eigenvalue weighted by molar-refractivity contribution is 6.18. The first-order valence-electron chi connectivity index (χ1n) is 8.26. The summed E-state index contributed by atoms with van der Waals surface area (Å²) in [5.74, 6) is -0.733. The zero-order valence-corrected chi connectivity index (χ0v) is 15.3. The lowest BCUT2D eigenvalue weighted by atomic mass is 10.0. The lowest BCUT2D eigenvalue weighted by molar-refractivity contribution is 0.0575. The van der Waals surface area contributed by atoms with Gasteiger partial charge in [0.25, 0.3) is 5.56 Å². The summed E-state index contributed by atoms with van der Waals surface area (Å²) in [6.07, 6.45) is 3.16. The Hall–Kier alpha value is -3.19. The molecule has 1 N–H and O–H groups in total. The van der Waals surface area contributed by atoms with Gasteiger partial charge in [0.15, 0.2) is 6.07 Å². The van der Waals surface area contributed by atoms with E-state index >= 15 is 0 Å². The fraction of sp³-hybridized carbons (Fsp3) is 0.158. The number of anilines is 2. The maximum atomic E-state index is 12.9. The quantitative estimate of drug-likeness (QED) is 0.517. The molecule has 0 saturated heterocycles. The molecule has 0 bridgehead atoms. The van der Waals surface area contributed by atoms with Crippen LogP contribution in [0.3, 0.4) is 0 Å². The fourth-order valence-corrected chi connectivity index (χ4v) is 2.70. The molecule has 0 radical (unpaired) electrons. The molecule has 0 atom stereocenters. The van der Waals surface area contributed by atoms with E-state index in [4.69, 9.17) is 16.3 Å². The first-order chi connectivity index (χ1) is 13.2. The third-order valence-electron chi connectivity index (χ3n) is 3.82. The predicted octanol–water partition coefficient (Wildman–Crippen LogP) is 3.42. The second-order valence-corrected chi connectivity index (χ2v) is 5.71. The number of hydrogen-bond acceptors (Lipinski definition) is 6. The summed E-state index contributed by atoms with van der Waals surface area (Å²) in [6, 6.07) is 12.2. The molecule has 0 aliphatic heterocycles. The summed E-state index contributed by atoms with van der Waals surface area (Å²) in [6.45, 7) is 2.14. The molecule has 3 rings (SSSR count). The number of ether oxygens (including phenoxy) is 1. The Balaban J connectivity index is 2.28. The predicted molar refractivity (Wildman–Crippen MR) is 103 cm³/mol. The molecule has 0 aliphatic carbocycles. The average Bonchev–Trinajstić information content (AvgIpc) is 2.71. The lowest BCUT2D eigenvalue weighted by Gasteiger charge is -2.16. The molecule has 138 valence electrons. The number of rotatable bonds is 6. The number of pyridine rings is 1. The van der Waals surface area contributed by atoms with Crippen LogP contribution < -0.4 is 10.9 Å². The van der Waals surface area contributed by atoms with Gasteiger partial charge in [0, 0.05) is 18.3 Å². The summed E-state index contributed by atoms with van der Waals surface area (Å²) in [4.78, 5) is 29.6. The number of carbonyl (C=O) groups excluding carboxylic acids is 1. The van der Waals surface area contributed by atoms with Crippen LogP contribution in [0.25, 0.3) is 11.3 Å². The van der Waals surface area contributed by atoms with Gasteiger partial charge in [0.1, 0.15) is 16.9 Å². The number of esters is 1. The summed E-state index contributed by atoms with van der Waals surface area (Å²) in [5.41, 5.74) is 1.22. The highest BCUT2D eigenvalue weighted by atomic mass is 35.5. The van der Waals surface area contributed by atoms with Crippen molar-refractivity contribution in [3.8, 4) is 11.3 Å². The van der Waals surface area contributed by atoms with Crippen LogP contribution in [0.15, 0.2) is 59.7 Å². The van der Waals surface area contributed by atoms with Crippen LogP contribution in [0.5, 0.6) is 0 Å². The van der Waals surface area contributed by atoms with E-state index in [0.29, 0.717) is 23.5 Å². The van der Waals surface area contributed by atoms with Gasteiger partial charge in [-0.15, -0.1) is 0 Å². The van der Waals surface area contributed by atoms with E-state index in [1.807, 2.05) is 18.2 Å². The molecule has 8 heteroatoms. The third kappa shape index (κ3) is 3.98. The molecule has 0 spiro atoms. The molecule has 2 aromatic heterocycles. The summed E-state index contributed by atoms with van der Waals surface area (Å²) < 4.78 is 6.27. The average molecular weight is 385 g/mol. The Kier molecular flexibility index (Phi) is 5.83. The SMILES string of the molecule is CCn1nc(-c2ccccc2)c(C(=O)OCCl)c(Nc2cccnc2)c1=O. The van der Waals surface area contributed by atoms with Crippen LogP contribution in [0, 0.1) is 0 Å². The van der Waals surface area contributed by atoms with Crippen molar-refractivity contribution in [1.82, 2.24) is 14.8 Å². The Morgan fingerprint density at radius 1 is 1.22 bits per heavy atom. The van der Waals surface area contributed by atoms with Crippen LogP contribution in [-0.2, 0) is 11.3 Å².